The van der Waals surface area contributed by atoms with Crippen molar-refractivity contribution < 1.29 is 14.3 Å². The molecule has 2 heterocycles. The number of fused-ring (bicyclic) bond motifs is 1. The fraction of sp³-hybridized carbons (Fsp3) is 0.280. The molecule has 7 heteroatoms. The highest BCUT2D eigenvalue weighted by atomic mass is 16.5. The van der Waals surface area contributed by atoms with Gasteiger partial charge in [-0.15, -0.1) is 0 Å². The molecule has 7 nitrogen and oxygen atoms in total. The fourth-order valence-electron chi connectivity index (χ4n) is 4.18. The zero-order chi connectivity index (χ0) is 22.5. The molecule has 1 aliphatic rings. The first kappa shape index (κ1) is 21.6. The van der Waals surface area contributed by atoms with Gasteiger partial charge in [0.1, 0.15) is 5.75 Å². The highest BCUT2D eigenvalue weighted by Gasteiger charge is 2.27. The van der Waals surface area contributed by atoms with E-state index in [-0.39, 0.29) is 6.04 Å². The molecule has 0 fully saturated rings. The van der Waals surface area contributed by atoms with Gasteiger partial charge in [-0.3, -0.25) is 14.5 Å². The molecule has 2 N–H and O–H groups in total. The normalized spacial score (nSPS) is 14.3. The molecule has 2 amide bonds. The first-order chi connectivity index (χ1) is 15.5. The van der Waals surface area contributed by atoms with E-state index in [0.717, 1.165) is 25.2 Å². The van der Waals surface area contributed by atoms with E-state index in [1.54, 1.807) is 31.4 Å². The van der Waals surface area contributed by atoms with Gasteiger partial charge in [-0.2, -0.15) is 0 Å². The van der Waals surface area contributed by atoms with Crippen LogP contribution in [0.2, 0.25) is 0 Å². The Morgan fingerprint density at radius 3 is 2.59 bits per heavy atom. The minimum absolute atomic E-state index is 0.0445. The third-order valence-electron chi connectivity index (χ3n) is 5.92. The number of carbonyl (C=O) groups excluding carboxylic acids is 2. The summed E-state index contributed by atoms with van der Waals surface area (Å²) < 4.78 is 7.22. The Balaban J connectivity index is 1.44. The Labute approximate surface area is 188 Å². The number of benzene rings is 2. The number of anilines is 1. The summed E-state index contributed by atoms with van der Waals surface area (Å²) in [4.78, 5) is 27.4. The molecule has 2 aromatic carbocycles. The predicted octanol–water partition coefficient (Wildman–Crippen LogP) is 2.89. The Morgan fingerprint density at radius 2 is 1.84 bits per heavy atom. The molecule has 0 spiro atoms. The van der Waals surface area contributed by atoms with Gasteiger partial charge >= 0.3 is 11.8 Å². The molecule has 1 aromatic heterocycles. The maximum atomic E-state index is 12.6. The van der Waals surface area contributed by atoms with Crippen molar-refractivity contribution in [2.24, 2.45) is 7.05 Å². The quantitative estimate of drug-likeness (QED) is 0.588. The van der Waals surface area contributed by atoms with Crippen LogP contribution in [0.5, 0.6) is 5.75 Å². The van der Waals surface area contributed by atoms with Crippen molar-refractivity contribution in [1.29, 1.82) is 0 Å². The van der Waals surface area contributed by atoms with Crippen molar-refractivity contribution in [3.8, 4) is 5.75 Å². The molecular formula is C25H28N4O3. The summed E-state index contributed by atoms with van der Waals surface area (Å²) in [5.41, 5.74) is 4.28. The van der Waals surface area contributed by atoms with Crippen molar-refractivity contribution in [2.45, 2.75) is 19.0 Å². The lowest BCUT2D eigenvalue weighted by molar-refractivity contribution is -0.136. The second-order valence-corrected chi connectivity index (χ2v) is 7.95. The molecular weight excluding hydrogens is 404 g/mol. The van der Waals surface area contributed by atoms with Gasteiger partial charge in [-0.25, -0.2) is 0 Å². The molecule has 4 rings (SSSR count). The molecule has 0 saturated heterocycles. The molecule has 1 aliphatic heterocycles. The first-order valence-electron chi connectivity index (χ1n) is 10.7. The number of aryl methyl sites for hydroxylation is 1. The lowest BCUT2D eigenvalue weighted by Gasteiger charge is -2.36. The number of amides is 2. The summed E-state index contributed by atoms with van der Waals surface area (Å²) in [6.07, 6.45) is 2.96. The lowest BCUT2D eigenvalue weighted by Crippen LogP contribution is -2.44. The summed E-state index contributed by atoms with van der Waals surface area (Å²) in [7, 11) is 3.55. The number of hydrogen-bond donors (Lipinski definition) is 2. The van der Waals surface area contributed by atoms with Crippen molar-refractivity contribution in [3.63, 3.8) is 0 Å². The van der Waals surface area contributed by atoms with Crippen LogP contribution in [0.25, 0.3) is 0 Å². The molecule has 1 unspecified atom stereocenters. The molecule has 32 heavy (non-hydrogen) atoms. The zero-order valence-electron chi connectivity index (χ0n) is 18.4. The van der Waals surface area contributed by atoms with E-state index >= 15 is 0 Å². The number of nitrogens with one attached hydrogen (secondary N) is 2. The maximum Gasteiger partial charge on any atom is 0.313 e. The standard InChI is InChI=1S/C25H28N4O3/c1-28-13-6-11-22(28)23(29-14-12-18-7-3-4-8-19(18)17-29)16-26-24(30)25(31)27-20-9-5-10-21(15-20)32-2/h3-11,13,15,23H,12,14,16-17H2,1-2H3,(H,26,30)(H,27,31). The number of ether oxygens (including phenoxy) is 1. The average molecular weight is 433 g/mol. The second-order valence-electron chi connectivity index (χ2n) is 7.95. The van der Waals surface area contributed by atoms with E-state index in [9.17, 15) is 9.59 Å². The van der Waals surface area contributed by atoms with Crippen LogP contribution in [-0.2, 0) is 29.6 Å². The van der Waals surface area contributed by atoms with Crippen molar-refractivity contribution in [1.82, 2.24) is 14.8 Å². The summed E-state index contributed by atoms with van der Waals surface area (Å²) in [5, 5.41) is 5.46. The van der Waals surface area contributed by atoms with Gasteiger partial charge in [-0.1, -0.05) is 30.3 Å². The molecule has 0 radical (unpaired) electrons. The van der Waals surface area contributed by atoms with Gasteiger partial charge in [0.05, 0.1) is 13.2 Å². The Morgan fingerprint density at radius 1 is 1.03 bits per heavy atom. The second kappa shape index (κ2) is 9.70. The van der Waals surface area contributed by atoms with E-state index < -0.39 is 11.8 Å². The Kier molecular flexibility index (Phi) is 6.56. The number of methoxy groups -OCH3 is 1. The number of carbonyl (C=O) groups is 2. The summed E-state index contributed by atoms with van der Waals surface area (Å²) in [5.74, 6) is -0.755. The van der Waals surface area contributed by atoms with Crippen LogP contribution < -0.4 is 15.4 Å². The SMILES string of the molecule is COc1cccc(NC(=O)C(=O)NCC(c2cccn2C)N2CCc3ccccc3C2)c1. The van der Waals surface area contributed by atoms with Gasteiger partial charge in [0, 0.05) is 50.3 Å². The topological polar surface area (TPSA) is 75.6 Å². The first-order valence-corrected chi connectivity index (χ1v) is 10.7. The Hall–Kier alpha value is -3.58. The number of aromatic nitrogens is 1. The maximum absolute atomic E-state index is 12.6. The number of nitrogens with zero attached hydrogens (tertiary/aromatic N) is 2. The highest BCUT2D eigenvalue weighted by molar-refractivity contribution is 6.39. The van der Waals surface area contributed by atoms with E-state index in [2.05, 4.69) is 50.4 Å². The van der Waals surface area contributed by atoms with Crippen LogP contribution in [0.4, 0.5) is 5.69 Å². The summed E-state index contributed by atoms with van der Waals surface area (Å²) in [6, 6.07) is 19.4. The van der Waals surface area contributed by atoms with Gasteiger partial charge in [-0.05, 0) is 41.8 Å². The van der Waals surface area contributed by atoms with Crippen LogP contribution in [0.1, 0.15) is 22.9 Å². The monoisotopic (exact) mass is 432 g/mol. The molecule has 3 aromatic rings. The lowest BCUT2D eigenvalue weighted by atomic mass is 9.98. The smallest absolute Gasteiger partial charge is 0.313 e. The summed E-state index contributed by atoms with van der Waals surface area (Å²) in [6.45, 7) is 2.03. The van der Waals surface area contributed by atoms with Crippen LogP contribution >= 0.6 is 0 Å². The van der Waals surface area contributed by atoms with Gasteiger partial charge in [0.25, 0.3) is 0 Å². The van der Waals surface area contributed by atoms with Crippen molar-refractivity contribution >= 4 is 17.5 Å². The zero-order valence-corrected chi connectivity index (χ0v) is 18.4. The summed E-state index contributed by atoms with van der Waals surface area (Å²) >= 11 is 0. The van der Waals surface area contributed by atoms with Gasteiger partial charge in [0.15, 0.2) is 0 Å². The fourth-order valence-corrected chi connectivity index (χ4v) is 4.18. The minimum atomic E-state index is -0.701. The van der Waals surface area contributed by atoms with Crippen molar-refractivity contribution in [3.05, 3.63) is 83.7 Å². The van der Waals surface area contributed by atoms with E-state index in [1.807, 2.05) is 19.3 Å². The molecule has 1 atom stereocenters. The van der Waals surface area contributed by atoms with E-state index in [1.165, 1.54) is 11.1 Å². The molecule has 0 saturated carbocycles. The van der Waals surface area contributed by atoms with Crippen LogP contribution in [0.3, 0.4) is 0 Å². The average Bonchev–Trinajstić information content (AvgIpc) is 3.24. The molecule has 0 bridgehead atoms. The minimum Gasteiger partial charge on any atom is -0.497 e. The van der Waals surface area contributed by atoms with Crippen LogP contribution in [0, 0.1) is 0 Å². The third kappa shape index (κ3) is 4.84. The number of rotatable bonds is 6. The van der Waals surface area contributed by atoms with E-state index in [0.29, 0.717) is 18.0 Å². The van der Waals surface area contributed by atoms with Crippen molar-refractivity contribution in [2.75, 3.05) is 25.5 Å². The number of hydrogen-bond acceptors (Lipinski definition) is 4. The van der Waals surface area contributed by atoms with Gasteiger partial charge < -0.3 is 19.9 Å². The predicted molar refractivity (Wildman–Crippen MR) is 123 cm³/mol. The molecule has 0 aliphatic carbocycles. The third-order valence-corrected chi connectivity index (χ3v) is 5.92. The largest absolute Gasteiger partial charge is 0.497 e. The van der Waals surface area contributed by atoms with Gasteiger partial charge in [0.2, 0.25) is 0 Å². The van der Waals surface area contributed by atoms with Crippen LogP contribution in [0.15, 0.2) is 66.9 Å². The van der Waals surface area contributed by atoms with Crippen LogP contribution in [-0.4, -0.2) is 41.5 Å². The Bertz CT molecular complexity index is 1110. The molecule has 166 valence electrons. The van der Waals surface area contributed by atoms with E-state index in [4.69, 9.17) is 4.74 Å². The highest BCUT2D eigenvalue weighted by Crippen LogP contribution is 2.27.